The van der Waals surface area contributed by atoms with Gasteiger partial charge in [-0.25, -0.2) is 18.0 Å². The first kappa shape index (κ1) is 24.3. The molecule has 0 aliphatic heterocycles. The van der Waals surface area contributed by atoms with Gasteiger partial charge in [-0.2, -0.15) is 0 Å². The van der Waals surface area contributed by atoms with E-state index >= 15 is 0 Å². The Kier molecular flexibility index (Phi) is 6.33. The number of carbonyl (C=O) groups excluding carboxylic acids is 1. The van der Waals surface area contributed by atoms with Crippen LogP contribution in [0.1, 0.15) is 34.4 Å². The van der Waals surface area contributed by atoms with Crippen LogP contribution in [0.25, 0.3) is 11.0 Å². The van der Waals surface area contributed by atoms with Crippen LogP contribution in [0.2, 0.25) is 0 Å². The number of ether oxygens (including phenoxy) is 1. The molecule has 10 heteroatoms. The minimum Gasteiger partial charge on any atom is -0.460 e. The minimum atomic E-state index is -4.08. The van der Waals surface area contributed by atoms with Crippen LogP contribution >= 0.6 is 0 Å². The Morgan fingerprint density at radius 3 is 2.37 bits per heavy atom. The second-order valence-electron chi connectivity index (χ2n) is 8.32. The molecule has 0 N–H and O–H groups in total. The second kappa shape index (κ2) is 9.10. The van der Waals surface area contributed by atoms with Gasteiger partial charge < -0.3 is 9.15 Å². The molecule has 2 aromatic carbocycles. The van der Waals surface area contributed by atoms with Crippen LogP contribution in [0.15, 0.2) is 62.6 Å². The summed E-state index contributed by atoms with van der Waals surface area (Å²) in [4.78, 5) is 24.4. The van der Waals surface area contributed by atoms with Gasteiger partial charge in [-0.15, -0.1) is 0 Å². The monoisotopic (exact) mass is 497 g/mol. The fourth-order valence-electron chi connectivity index (χ4n) is 3.89. The molecule has 0 bridgehead atoms. The normalized spacial score (nSPS) is 11.7. The SMILES string of the molecule is CCOC(=O)c1ccc(CN(c2ccc(C)c(C)c2)S(=O)(=O)c2ccc3c(c2)n(C)c(=O)n3C)o1. The molecule has 0 unspecified atom stereocenters. The molecular formula is C25H27N3O6S. The third-order valence-corrected chi connectivity index (χ3v) is 7.82. The van der Waals surface area contributed by atoms with Crippen molar-refractivity contribution in [1.29, 1.82) is 0 Å². The average Bonchev–Trinajstić information content (AvgIpc) is 3.39. The number of hydrogen-bond donors (Lipinski definition) is 0. The van der Waals surface area contributed by atoms with Crippen molar-refractivity contribution in [1.82, 2.24) is 9.13 Å². The highest BCUT2D eigenvalue weighted by Gasteiger charge is 2.28. The summed E-state index contributed by atoms with van der Waals surface area (Å²) in [5.74, 6) is -0.335. The van der Waals surface area contributed by atoms with Gasteiger partial charge in [0.1, 0.15) is 5.76 Å². The Morgan fingerprint density at radius 2 is 1.69 bits per heavy atom. The molecule has 2 aromatic heterocycles. The number of anilines is 1. The molecule has 184 valence electrons. The highest BCUT2D eigenvalue weighted by atomic mass is 32.2. The quantitative estimate of drug-likeness (QED) is 0.361. The molecule has 9 nitrogen and oxygen atoms in total. The van der Waals surface area contributed by atoms with Gasteiger partial charge in [0.2, 0.25) is 5.76 Å². The Morgan fingerprint density at radius 1 is 0.971 bits per heavy atom. The van der Waals surface area contributed by atoms with E-state index in [-0.39, 0.29) is 35.3 Å². The summed E-state index contributed by atoms with van der Waals surface area (Å²) < 4.78 is 42.5. The largest absolute Gasteiger partial charge is 0.460 e. The maximum Gasteiger partial charge on any atom is 0.374 e. The number of aryl methyl sites for hydroxylation is 4. The maximum absolute atomic E-state index is 13.9. The lowest BCUT2D eigenvalue weighted by Crippen LogP contribution is -2.30. The summed E-state index contributed by atoms with van der Waals surface area (Å²) in [5, 5.41) is 0. The molecule has 0 aliphatic rings. The number of nitrogens with zero attached hydrogens (tertiary/aromatic N) is 3. The Labute approximate surface area is 203 Å². The van der Waals surface area contributed by atoms with Crippen molar-refractivity contribution in [3.63, 3.8) is 0 Å². The highest BCUT2D eigenvalue weighted by Crippen LogP contribution is 2.29. The number of furan rings is 1. The van der Waals surface area contributed by atoms with E-state index in [1.807, 2.05) is 19.9 Å². The number of esters is 1. The number of sulfonamides is 1. The van der Waals surface area contributed by atoms with Gasteiger partial charge in [-0.1, -0.05) is 6.07 Å². The molecule has 0 saturated heterocycles. The van der Waals surface area contributed by atoms with Gasteiger partial charge in [0.25, 0.3) is 10.0 Å². The second-order valence-corrected chi connectivity index (χ2v) is 10.2. The van der Waals surface area contributed by atoms with Crippen LogP contribution in [-0.2, 0) is 35.4 Å². The number of rotatable bonds is 7. The van der Waals surface area contributed by atoms with Crippen LogP contribution in [-0.4, -0.2) is 30.1 Å². The van der Waals surface area contributed by atoms with E-state index < -0.39 is 16.0 Å². The van der Waals surface area contributed by atoms with E-state index in [1.54, 1.807) is 45.3 Å². The van der Waals surface area contributed by atoms with Gasteiger partial charge in [0, 0.05) is 14.1 Å². The summed E-state index contributed by atoms with van der Waals surface area (Å²) in [6.45, 7) is 5.59. The third-order valence-electron chi connectivity index (χ3n) is 6.05. The number of fused-ring (bicyclic) bond motifs is 1. The van der Waals surface area contributed by atoms with Crippen LogP contribution in [0.3, 0.4) is 0 Å². The zero-order valence-electron chi connectivity index (χ0n) is 20.2. The molecule has 0 aliphatic carbocycles. The zero-order valence-corrected chi connectivity index (χ0v) is 21.0. The summed E-state index contributed by atoms with van der Waals surface area (Å²) in [7, 11) is -0.846. The molecule has 35 heavy (non-hydrogen) atoms. The average molecular weight is 498 g/mol. The Bertz CT molecular complexity index is 1590. The molecule has 4 aromatic rings. The lowest BCUT2D eigenvalue weighted by Gasteiger charge is -2.24. The summed E-state index contributed by atoms with van der Waals surface area (Å²) in [6.07, 6.45) is 0. The Balaban J connectivity index is 1.82. The minimum absolute atomic E-state index is 0.00000946. The molecule has 0 atom stereocenters. The fourth-order valence-corrected chi connectivity index (χ4v) is 5.33. The first-order chi connectivity index (χ1) is 16.5. The van der Waals surface area contributed by atoms with E-state index in [0.29, 0.717) is 16.7 Å². The van der Waals surface area contributed by atoms with Crippen LogP contribution in [0, 0.1) is 13.8 Å². The van der Waals surface area contributed by atoms with Gasteiger partial charge in [-0.05, 0) is 74.4 Å². The van der Waals surface area contributed by atoms with Gasteiger partial charge in [0.05, 0.1) is 34.8 Å². The number of carbonyl (C=O) groups is 1. The van der Waals surface area contributed by atoms with Crippen molar-refractivity contribution >= 4 is 32.7 Å². The smallest absolute Gasteiger partial charge is 0.374 e. The van der Waals surface area contributed by atoms with Crippen molar-refractivity contribution in [2.24, 2.45) is 14.1 Å². The molecule has 2 heterocycles. The van der Waals surface area contributed by atoms with E-state index in [9.17, 15) is 18.0 Å². The molecular weight excluding hydrogens is 470 g/mol. The van der Waals surface area contributed by atoms with E-state index in [4.69, 9.17) is 9.15 Å². The molecule has 0 radical (unpaired) electrons. The first-order valence-corrected chi connectivity index (χ1v) is 12.5. The van der Waals surface area contributed by atoms with Crippen molar-refractivity contribution in [3.8, 4) is 0 Å². The maximum atomic E-state index is 13.9. The van der Waals surface area contributed by atoms with Gasteiger partial charge >= 0.3 is 11.7 Å². The summed E-state index contributed by atoms with van der Waals surface area (Å²) in [5.41, 5.74) is 3.28. The first-order valence-electron chi connectivity index (χ1n) is 11.1. The summed E-state index contributed by atoms with van der Waals surface area (Å²) in [6, 6.07) is 13.0. The number of hydrogen-bond acceptors (Lipinski definition) is 6. The van der Waals surface area contributed by atoms with Crippen molar-refractivity contribution in [2.75, 3.05) is 10.9 Å². The third kappa shape index (κ3) is 4.37. The molecule has 0 fully saturated rings. The zero-order chi connectivity index (χ0) is 25.5. The predicted molar refractivity (Wildman–Crippen MR) is 132 cm³/mol. The topological polar surface area (TPSA) is 104 Å². The lowest BCUT2D eigenvalue weighted by atomic mass is 10.1. The lowest BCUT2D eigenvalue weighted by molar-refractivity contribution is 0.0488. The molecule has 0 amide bonds. The van der Waals surface area contributed by atoms with Crippen LogP contribution in [0.5, 0.6) is 0 Å². The predicted octanol–water partition coefficient (Wildman–Crippen LogP) is 3.66. The molecule has 4 rings (SSSR count). The van der Waals surface area contributed by atoms with Crippen LogP contribution < -0.4 is 9.99 Å². The van der Waals surface area contributed by atoms with Crippen molar-refractivity contribution in [2.45, 2.75) is 32.2 Å². The van der Waals surface area contributed by atoms with Crippen molar-refractivity contribution in [3.05, 3.63) is 81.7 Å². The number of benzene rings is 2. The summed E-state index contributed by atoms with van der Waals surface area (Å²) >= 11 is 0. The Hall–Kier alpha value is -3.79. The fraction of sp³-hybridized carbons (Fsp3) is 0.280. The van der Waals surface area contributed by atoms with Crippen LogP contribution in [0.4, 0.5) is 5.69 Å². The van der Waals surface area contributed by atoms with E-state index in [1.165, 1.54) is 31.6 Å². The van der Waals surface area contributed by atoms with Gasteiger partial charge in [0.15, 0.2) is 0 Å². The van der Waals surface area contributed by atoms with E-state index in [0.717, 1.165) is 11.1 Å². The van der Waals surface area contributed by atoms with Crippen molar-refractivity contribution < 1.29 is 22.4 Å². The van der Waals surface area contributed by atoms with Gasteiger partial charge in [-0.3, -0.25) is 13.4 Å². The highest BCUT2D eigenvalue weighted by molar-refractivity contribution is 7.92. The number of imidazole rings is 1. The standard InChI is InChI=1S/C25H27N3O6S/c1-6-33-24(29)23-12-9-19(34-23)15-28(18-8-7-16(2)17(3)13-18)35(31,32)20-10-11-21-22(14-20)27(5)25(30)26(21)4/h7-14H,6,15H2,1-5H3. The number of aromatic nitrogens is 2. The van der Waals surface area contributed by atoms with E-state index in [2.05, 4.69) is 0 Å². The molecule has 0 spiro atoms. The molecule has 0 saturated carbocycles.